The molecule has 0 fully saturated rings. The topological polar surface area (TPSA) is 57.7 Å². The van der Waals surface area contributed by atoms with E-state index in [0.717, 1.165) is 5.69 Å². The van der Waals surface area contributed by atoms with Crippen molar-refractivity contribution in [2.24, 2.45) is 0 Å². The highest BCUT2D eigenvalue weighted by Gasteiger charge is 2.20. The van der Waals surface area contributed by atoms with Crippen molar-refractivity contribution >= 4 is 5.97 Å². The Hall–Kier alpha value is -2.56. The number of nitrogens with zero attached hydrogens (tertiary/aromatic N) is 1. The van der Waals surface area contributed by atoms with Gasteiger partial charge in [0.25, 0.3) is 0 Å². The predicted molar refractivity (Wildman–Crippen MR) is 77.6 cm³/mol. The average molecular weight is 287 g/mol. The van der Waals surface area contributed by atoms with Gasteiger partial charge in [-0.25, -0.2) is 4.79 Å². The molecular weight excluding hydrogens is 270 g/mol. The van der Waals surface area contributed by atoms with Gasteiger partial charge in [-0.1, -0.05) is 12.1 Å². The lowest BCUT2D eigenvalue weighted by molar-refractivity contribution is 0.0592. The summed E-state index contributed by atoms with van der Waals surface area (Å²) in [5.74, 6) is 0.350. The predicted octanol–water partition coefficient (Wildman–Crippen LogP) is 3.02. The van der Waals surface area contributed by atoms with Crippen LogP contribution in [0.2, 0.25) is 0 Å². The van der Waals surface area contributed by atoms with E-state index >= 15 is 0 Å². The number of benzene rings is 1. The van der Waals surface area contributed by atoms with Crippen molar-refractivity contribution < 1.29 is 19.0 Å². The molecule has 1 unspecified atom stereocenters. The number of carbonyl (C=O) groups excluding carboxylic acids is 1. The van der Waals surface area contributed by atoms with Gasteiger partial charge in [0.1, 0.15) is 11.7 Å². The van der Waals surface area contributed by atoms with E-state index in [-0.39, 0.29) is 6.10 Å². The first-order valence-corrected chi connectivity index (χ1v) is 6.50. The second kappa shape index (κ2) is 6.74. The van der Waals surface area contributed by atoms with Crippen LogP contribution in [0.3, 0.4) is 0 Å². The number of ether oxygens (including phenoxy) is 3. The molecule has 0 amide bonds. The summed E-state index contributed by atoms with van der Waals surface area (Å²) in [7, 11) is 2.85. The van der Waals surface area contributed by atoms with Gasteiger partial charge in [-0.15, -0.1) is 0 Å². The van der Waals surface area contributed by atoms with Crippen LogP contribution >= 0.6 is 0 Å². The number of rotatable bonds is 5. The van der Waals surface area contributed by atoms with Crippen LogP contribution in [-0.2, 0) is 4.74 Å². The third-order valence-corrected chi connectivity index (χ3v) is 3.00. The van der Waals surface area contributed by atoms with Crippen LogP contribution in [0.5, 0.6) is 11.5 Å². The third kappa shape index (κ3) is 3.31. The normalized spacial score (nSPS) is 11.6. The lowest BCUT2D eigenvalue weighted by atomic mass is 10.1. The zero-order valence-electron chi connectivity index (χ0n) is 12.2. The highest BCUT2D eigenvalue weighted by Crippen LogP contribution is 2.34. The molecule has 0 N–H and O–H groups in total. The smallest absolute Gasteiger partial charge is 0.341 e. The zero-order chi connectivity index (χ0) is 15.2. The molecular formula is C16H17NO4. The molecule has 0 saturated carbocycles. The summed E-state index contributed by atoms with van der Waals surface area (Å²) in [6, 6.07) is 10.6. The highest BCUT2D eigenvalue weighted by atomic mass is 16.5. The number of aromatic nitrogens is 1. The molecule has 5 nitrogen and oxygen atoms in total. The van der Waals surface area contributed by atoms with Crippen molar-refractivity contribution in [2.45, 2.75) is 13.0 Å². The molecule has 5 heteroatoms. The minimum Gasteiger partial charge on any atom is -0.493 e. The molecule has 21 heavy (non-hydrogen) atoms. The van der Waals surface area contributed by atoms with Crippen LogP contribution < -0.4 is 9.47 Å². The van der Waals surface area contributed by atoms with Crippen LogP contribution in [0.1, 0.15) is 29.1 Å². The van der Waals surface area contributed by atoms with E-state index in [0.29, 0.717) is 17.1 Å². The summed E-state index contributed by atoms with van der Waals surface area (Å²) < 4.78 is 15.9. The number of para-hydroxylation sites is 1. The standard InChI is InChI=1S/C16H17NO4/c1-11(13-8-4-5-10-17-13)21-15-12(16(18)20-3)7-6-9-14(15)19-2/h4-11H,1-3H3. The monoisotopic (exact) mass is 287 g/mol. The quantitative estimate of drug-likeness (QED) is 0.791. The van der Waals surface area contributed by atoms with E-state index in [4.69, 9.17) is 14.2 Å². The van der Waals surface area contributed by atoms with Gasteiger partial charge in [-0.3, -0.25) is 4.98 Å². The Morgan fingerprint density at radius 2 is 1.95 bits per heavy atom. The van der Waals surface area contributed by atoms with Gasteiger partial charge < -0.3 is 14.2 Å². The molecule has 0 aliphatic carbocycles. The van der Waals surface area contributed by atoms with Gasteiger partial charge in [0.05, 0.1) is 19.9 Å². The zero-order valence-corrected chi connectivity index (χ0v) is 12.2. The number of carbonyl (C=O) groups is 1. The number of hydrogen-bond acceptors (Lipinski definition) is 5. The van der Waals surface area contributed by atoms with Crippen LogP contribution in [0.25, 0.3) is 0 Å². The summed E-state index contributed by atoms with van der Waals surface area (Å²) in [4.78, 5) is 16.1. The molecule has 1 atom stereocenters. The second-order valence-corrected chi connectivity index (χ2v) is 4.34. The maximum absolute atomic E-state index is 11.8. The number of hydrogen-bond donors (Lipinski definition) is 0. The van der Waals surface area contributed by atoms with E-state index in [1.54, 1.807) is 24.4 Å². The van der Waals surface area contributed by atoms with E-state index in [2.05, 4.69) is 4.98 Å². The number of methoxy groups -OCH3 is 2. The Morgan fingerprint density at radius 3 is 2.57 bits per heavy atom. The molecule has 2 rings (SSSR count). The van der Waals surface area contributed by atoms with Crippen molar-refractivity contribution in [3.63, 3.8) is 0 Å². The molecule has 0 aliphatic rings. The Labute approximate surface area is 123 Å². The van der Waals surface area contributed by atoms with E-state index in [1.807, 2.05) is 25.1 Å². The van der Waals surface area contributed by atoms with Crippen molar-refractivity contribution in [3.8, 4) is 11.5 Å². The summed E-state index contributed by atoms with van der Waals surface area (Å²) in [5.41, 5.74) is 1.08. The van der Waals surface area contributed by atoms with Crippen LogP contribution in [0.15, 0.2) is 42.6 Å². The van der Waals surface area contributed by atoms with Gasteiger partial charge in [-0.05, 0) is 31.2 Å². The molecule has 0 aliphatic heterocycles. The Bertz CT molecular complexity index is 613. The summed E-state index contributed by atoms with van der Waals surface area (Å²) >= 11 is 0. The fourth-order valence-corrected chi connectivity index (χ4v) is 1.92. The molecule has 2 aromatic rings. The van der Waals surface area contributed by atoms with Crippen molar-refractivity contribution in [1.82, 2.24) is 4.98 Å². The fourth-order valence-electron chi connectivity index (χ4n) is 1.92. The summed E-state index contributed by atoms with van der Waals surface area (Å²) in [6.07, 6.45) is 1.37. The Kier molecular flexibility index (Phi) is 4.77. The number of esters is 1. The maximum atomic E-state index is 11.8. The molecule has 1 aromatic heterocycles. The number of pyridine rings is 1. The lowest BCUT2D eigenvalue weighted by Gasteiger charge is -2.18. The fraction of sp³-hybridized carbons (Fsp3) is 0.250. The van der Waals surface area contributed by atoms with Crippen LogP contribution in [0.4, 0.5) is 0 Å². The third-order valence-electron chi connectivity index (χ3n) is 3.00. The van der Waals surface area contributed by atoms with Gasteiger partial charge in [-0.2, -0.15) is 0 Å². The largest absolute Gasteiger partial charge is 0.493 e. The van der Waals surface area contributed by atoms with Crippen LogP contribution in [0, 0.1) is 0 Å². The Morgan fingerprint density at radius 1 is 1.14 bits per heavy atom. The van der Waals surface area contributed by atoms with Gasteiger partial charge in [0, 0.05) is 6.20 Å². The van der Waals surface area contributed by atoms with E-state index in [9.17, 15) is 4.79 Å². The molecule has 0 bridgehead atoms. The van der Waals surface area contributed by atoms with Crippen molar-refractivity contribution in [2.75, 3.05) is 14.2 Å². The van der Waals surface area contributed by atoms with Gasteiger partial charge in [0.2, 0.25) is 0 Å². The average Bonchev–Trinajstić information content (AvgIpc) is 2.55. The lowest BCUT2D eigenvalue weighted by Crippen LogP contribution is -2.11. The maximum Gasteiger partial charge on any atom is 0.341 e. The van der Waals surface area contributed by atoms with Crippen molar-refractivity contribution in [1.29, 1.82) is 0 Å². The molecule has 0 radical (unpaired) electrons. The van der Waals surface area contributed by atoms with Gasteiger partial charge >= 0.3 is 5.97 Å². The summed E-state index contributed by atoms with van der Waals surface area (Å²) in [6.45, 7) is 1.86. The molecule has 0 saturated heterocycles. The molecule has 1 aromatic carbocycles. The SMILES string of the molecule is COC(=O)c1cccc(OC)c1OC(C)c1ccccn1. The minimum atomic E-state index is -0.475. The minimum absolute atomic E-state index is 0.319. The summed E-state index contributed by atoms with van der Waals surface area (Å²) in [5, 5.41) is 0. The van der Waals surface area contributed by atoms with Crippen molar-refractivity contribution in [3.05, 3.63) is 53.9 Å². The van der Waals surface area contributed by atoms with E-state index < -0.39 is 5.97 Å². The second-order valence-electron chi connectivity index (χ2n) is 4.34. The first-order valence-electron chi connectivity index (χ1n) is 6.50. The molecule has 110 valence electrons. The highest BCUT2D eigenvalue weighted by molar-refractivity contribution is 5.93. The molecule has 1 heterocycles. The Balaban J connectivity index is 2.36. The first-order chi connectivity index (χ1) is 10.2. The van der Waals surface area contributed by atoms with Gasteiger partial charge in [0.15, 0.2) is 11.5 Å². The van der Waals surface area contributed by atoms with E-state index in [1.165, 1.54) is 14.2 Å². The molecule has 0 spiro atoms. The first kappa shape index (κ1) is 14.8. The van der Waals surface area contributed by atoms with Crippen LogP contribution in [-0.4, -0.2) is 25.2 Å².